The fourth-order valence-electron chi connectivity index (χ4n) is 2.88. The van der Waals surface area contributed by atoms with Gasteiger partial charge in [-0.25, -0.2) is 0 Å². The number of hydrogen-bond donors (Lipinski definition) is 0. The molecule has 3 rings (SSSR count). The van der Waals surface area contributed by atoms with Gasteiger partial charge >= 0.3 is 0 Å². The van der Waals surface area contributed by atoms with E-state index in [9.17, 15) is 0 Å². The van der Waals surface area contributed by atoms with Crippen LogP contribution in [0.2, 0.25) is 0 Å². The third-order valence-corrected chi connectivity index (χ3v) is 3.86. The monoisotopic (exact) mass is 218 g/mol. The average Bonchev–Trinajstić information content (AvgIpc) is 2.92. The molecular formula is C13H18N2O. The van der Waals surface area contributed by atoms with Crippen LogP contribution in [0.5, 0.6) is 0 Å². The van der Waals surface area contributed by atoms with Crippen LogP contribution >= 0.6 is 0 Å². The lowest BCUT2D eigenvalue weighted by Gasteiger charge is -2.21. The molecule has 1 aromatic rings. The minimum absolute atomic E-state index is 0.479. The van der Waals surface area contributed by atoms with Gasteiger partial charge in [0, 0.05) is 37.5 Å². The first-order valence-electron chi connectivity index (χ1n) is 6.05. The van der Waals surface area contributed by atoms with Gasteiger partial charge in [0.2, 0.25) is 0 Å². The minimum Gasteiger partial charge on any atom is -0.381 e. The van der Waals surface area contributed by atoms with Crippen molar-refractivity contribution < 1.29 is 4.74 Å². The second kappa shape index (κ2) is 4.15. The van der Waals surface area contributed by atoms with Crippen molar-refractivity contribution in [2.24, 2.45) is 5.41 Å². The Kier molecular flexibility index (Phi) is 2.65. The molecule has 0 saturated carbocycles. The van der Waals surface area contributed by atoms with E-state index in [1.807, 2.05) is 12.4 Å². The fraction of sp³-hybridized carbons (Fsp3) is 0.615. The van der Waals surface area contributed by atoms with Gasteiger partial charge in [-0.1, -0.05) is 0 Å². The summed E-state index contributed by atoms with van der Waals surface area (Å²) in [5, 5.41) is 0. The van der Waals surface area contributed by atoms with Gasteiger partial charge in [0.15, 0.2) is 0 Å². The predicted octanol–water partition coefficient (Wildman–Crippen LogP) is 1.69. The van der Waals surface area contributed by atoms with Crippen LogP contribution in [-0.2, 0) is 11.3 Å². The first-order valence-corrected chi connectivity index (χ1v) is 6.05. The number of pyridine rings is 1. The molecule has 16 heavy (non-hydrogen) atoms. The third kappa shape index (κ3) is 1.97. The molecule has 3 heteroatoms. The number of aromatic nitrogens is 1. The van der Waals surface area contributed by atoms with Gasteiger partial charge in [0.05, 0.1) is 6.61 Å². The summed E-state index contributed by atoms with van der Waals surface area (Å²) in [7, 11) is 0. The van der Waals surface area contributed by atoms with E-state index in [1.54, 1.807) is 0 Å². The molecule has 2 aliphatic rings. The molecule has 3 nitrogen and oxygen atoms in total. The highest BCUT2D eigenvalue weighted by Crippen LogP contribution is 2.38. The van der Waals surface area contributed by atoms with Gasteiger partial charge in [-0.3, -0.25) is 9.88 Å². The molecule has 1 atom stereocenters. The second-order valence-electron chi connectivity index (χ2n) is 5.12. The number of ether oxygens (including phenoxy) is 1. The number of rotatable bonds is 2. The fourth-order valence-corrected chi connectivity index (χ4v) is 2.88. The molecule has 86 valence electrons. The first kappa shape index (κ1) is 10.2. The maximum absolute atomic E-state index is 5.54. The summed E-state index contributed by atoms with van der Waals surface area (Å²) in [6.45, 7) is 5.41. The Morgan fingerprint density at radius 1 is 1.31 bits per heavy atom. The summed E-state index contributed by atoms with van der Waals surface area (Å²) in [4.78, 5) is 6.60. The Balaban J connectivity index is 1.62. The maximum atomic E-state index is 5.54. The van der Waals surface area contributed by atoms with Crippen molar-refractivity contribution in [2.75, 3.05) is 26.3 Å². The summed E-state index contributed by atoms with van der Waals surface area (Å²) >= 11 is 0. The molecule has 1 spiro atoms. The molecular weight excluding hydrogens is 200 g/mol. The molecule has 2 saturated heterocycles. The van der Waals surface area contributed by atoms with Crippen LogP contribution in [-0.4, -0.2) is 36.2 Å². The predicted molar refractivity (Wildman–Crippen MR) is 62.0 cm³/mol. The zero-order valence-electron chi connectivity index (χ0n) is 9.56. The highest BCUT2D eigenvalue weighted by molar-refractivity contribution is 5.10. The van der Waals surface area contributed by atoms with Crippen molar-refractivity contribution >= 4 is 0 Å². The van der Waals surface area contributed by atoms with E-state index < -0.39 is 0 Å². The summed E-state index contributed by atoms with van der Waals surface area (Å²) < 4.78 is 5.54. The number of hydrogen-bond acceptors (Lipinski definition) is 3. The lowest BCUT2D eigenvalue weighted by Crippen LogP contribution is -2.27. The third-order valence-electron chi connectivity index (χ3n) is 3.86. The van der Waals surface area contributed by atoms with E-state index in [-0.39, 0.29) is 0 Å². The van der Waals surface area contributed by atoms with Crippen LogP contribution in [0.1, 0.15) is 18.4 Å². The number of nitrogens with zero attached hydrogens (tertiary/aromatic N) is 2. The van der Waals surface area contributed by atoms with E-state index in [2.05, 4.69) is 22.0 Å². The van der Waals surface area contributed by atoms with Crippen molar-refractivity contribution in [1.29, 1.82) is 0 Å². The van der Waals surface area contributed by atoms with Gasteiger partial charge < -0.3 is 4.74 Å². The van der Waals surface area contributed by atoms with Gasteiger partial charge in [-0.15, -0.1) is 0 Å². The topological polar surface area (TPSA) is 25.4 Å². The van der Waals surface area contributed by atoms with Gasteiger partial charge in [-0.05, 0) is 37.1 Å². The Labute approximate surface area is 96.4 Å². The quantitative estimate of drug-likeness (QED) is 0.755. The van der Waals surface area contributed by atoms with Crippen molar-refractivity contribution in [3.05, 3.63) is 30.1 Å². The molecule has 0 aliphatic carbocycles. The van der Waals surface area contributed by atoms with Crippen LogP contribution in [0.4, 0.5) is 0 Å². The molecule has 0 aromatic carbocycles. The number of likely N-dealkylation sites (tertiary alicyclic amines) is 1. The van der Waals surface area contributed by atoms with Crippen LogP contribution in [0.25, 0.3) is 0 Å². The van der Waals surface area contributed by atoms with Crippen molar-refractivity contribution in [3.63, 3.8) is 0 Å². The highest BCUT2D eigenvalue weighted by Gasteiger charge is 2.40. The van der Waals surface area contributed by atoms with Crippen molar-refractivity contribution in [3.8, 4) is 0 Å². The SMILES string of the molecule is c1cc(CN2CCC3(CCOC3)C2)ccn1. The minimum atomic E-state index is 0.479. The zero-order valence-corrected chi connectivity index (χ0v) is 9.56. The molecule has 0 amide bonds. The lowest BCUT2D eigenvalue weighted by atomic mass is 9.87. The van der Waals surface area contributed by atoms with E-state index in [0.717, 1.165) is 19.8 Å². The molecule has 3 heterocycles. The molecule has 0 N–H and O–H groups in total. The molecule has 0 bridgehead atoms. The van der Waals surface area contributed by atoms with Gasteiger partial charge in [0.25, 0.3) is 0 Å². The smallest absolute Gasteiger partial charge is 0.0536 e. The molecule has 2 aliphatic heterocycles. The van der Waals surface area contributed by atoms with Crippen LogP contribution in [0.15, 0.2) is 24.5 Å². The molecule has 0 radical (unpaired) electrons. The van der Waals surface area contributed by atoms with E-state index in [0.29, 0.717) is 5.41 Å². The normalized spacial score (nSPS) is 30.2. The summed E-state index contributed by atoms with van der Waals surface area (Å²) in [6, 6.07) is 4.21. The van der Waals surface area contributed by atoms with Crippen LogP contribution in [0.3, 0.4) is 0 Å². The Bertz CT molecular complexity index is 346. The molecule has 1 aromatic heterocycles. The van der Waals surface area contributed by atoms with Gasteiger partial charge in [0.1, 0.15) is 0 Å². The van der Waals surface area contributed by atoms with E-state index >= 15 is 0 Å². The van der Waals surface area contributed by atoms with E-state index in [4.69, 9.17) is 4.74 Å². The largest absolute Gasteiger partial charge is 0.381 e. The standard InChI is InChI=1S/C13H18N2O/c1-5-14-6-2-12(1)9-15-7-3-13(10-15)4-8-16-11-13/h1-2,5-6H,3-4,7-11H2. The summed E-state index contributed by atoms with van der Waals surface area (Å²) in [5.41, 5.74) is 1.85. The zero-order chi connectivity index (χ0) is 10.8. The Morgan fingerprint density at radius 3 is 2.94 bits per heavy atom. The molecule has 1 unspecified atom stereocenters. The van der Waals surface area contributed by atoms with E-state index in [1.165, 1.54) is 31.5 Å². The van der Waals surface area contributed by atoms with Crippen molar-refractivity contribution in [2.45, 2.75) is 19.4 Å². The van der Waals surface area contributed by atoms with Crippen LogP contribution < -0.4 is 0 Å². The second-order valence-corrected chi connectivity index (χ2v) is 5.12. The lowest BCUT2D eigenvalue weighted by molar-refractivity contribution is 0.151. The Hall–Kier alpha value is -0.930. The highest BCUT2D eigenvalue weighted by atomic mass is 16.5. The first-order chi connectivity index (χ1) is 7.86. The average molecular weight is 218 g/mol. The van der Waals surface area contributed by atoms with Gasteiger partial charge in [-0.2, -0.15) is 0 Å². The summed E-state index contributed by atoms with van der Waals surface area (Å²) in [6.07, 6.45) is 6.30. The van der Waals surface area contributed by atoms with Crippen molar-refractivity contribution in [1.82, 2.24) is 9.88 Å². The molecule has 2 fully saturated rings. The summed E-state index contributed by atoms with van der Waals surface area (Å²) in [5.74, 6) is 0. The van der Waals surface area contributed by atoms with Crippen LogP contribution in [0, 0.1) is 5.41 Å². The Morgan fingerprint density at radius 2 is 2.19 bits per heavy atom. The maximum Gasteiger partial charge on any atom is 0.0536 e.